The lowest BCUT2D eigenvalue weighted by Gasteiger charge is -2.17. The summed E-state index contributed by atoms with van der Waals surface area (Å²) in [5, 5.41) is 8.96. The molecular formula is C11H15NO3S. The number of furan rings is 1. The molecule has 1 aliphatic heterocycles. The number of hydrogen-bond donors (Lipinski definition) is 1. The summed E-state index contributed by atoms with van der Waals surface area (Å²) in [5.74, 6) is 1.97. The molecule has 0 atom stereocenters. The topological polar surface area (TPSA) is 53.7 Å². The molecule has 0 aliphatic carbocycles. The van der Waals surface area contributed by atoms with E-state index in [9.17, 15) is 4.79 Å². The molecule has 0 amide bonds. The highest BCUT2D eigenvalue weighted by Crippen LogP contribution is 2.16. The van der Waals surface area contributed by atoms with Crippen LogP contribution in [0.2, 0.25) is 0 Å². The molecule has 5 heteroatoms. The molecule has 1 aliphatic rings. The predicted octanol–water partition coefficient (Wildman–Crippen LogP) is 1.92. The second-order valence-electron chi connectivity index (χ2n) is 3.80. The highest BCUT2D eigenvalue weighted by atomic mass is 32.2. The summed E-state index contributed by atoms with van der Waals surface area (Å²) >= 11 is 1.95. The first-order chi connectivity index (χ1) is 7.77. The Morgan fingerprint density at radius 3 is 3.19 bits per heavy atom. The maximum atomic E-state index is 10.9. The van der Waals surface area contributed by atoms with Crippen LogP contribution in [0.3, 0.4) is 0 Å². The van der Waals surface area contributed by atoms with Crippen LogP contribution in [0.5, 0.6) is 0 Å². The zero-order valence-corrected chi connectivity index (χ0v) is 9.83. The van der Waals surface area contributed by atoms with Crippen molar-refractivity contribution in [1.82, 2.24) is 4.90 Å². The van der Waals surface area contributed by atoms with Gasteiger partial charge >= 0.3 is 5.97 Å². The molecule has 0 radical (unpaired) electrons. The van der Waals surface area contributed by atoms with Crippen molar-refractivity contribution in [1.29, 1.82) is 0 Å². The van der Waals surface area contributed by atoms with Gasteiger partial charge in [0.1, 0.15) is 11.3 Å². The van der Waals surface area contributed by atoms with E-state index in [-0.39, 0.29) is 5.56 Å². The number of hydrogen-bond acceptors (Lipinski definition) is 4. The van der Waals surface area contributed by atoms with Crippen LogP contribution in [-0.4, -0.2) is 40.6 Å². The summed E-state index contributed by atoms with van der Waals surface area (Å²) in [7, 11) is 0. The molecule has 1 saturated heterocycles. The van der Waals surface area contributed by atoms with Gasteiger partial charge in [0.2, 0.25) is 0 Å². The van der Waals surface area contributed by atoms with Crippen molar-refractivity contribution in [2.24, 2.45) is 0 Å². The third kappa shape index (κ3) is 2.80. The smallest absolute Gasteiger partial charge is 0.339 e. The Hall–Kier alpha value is -0.940. The molecule has 2 heterocycles. The Kier molecular flexibility index (Phi) is 3.90. The van der Waals surface area contributed by atoms with Crippen LogP contribution in [0.4, 0.5) is 0 Å². The average molecular weight is 241 g/mol. The number of carboxylic acids is 1. The fourth-order valence-corrected chi connectivity index (χ4v) is 2.74. The Balaban J connectivity index is 2.01. The molecule has 1 fully saturated rings. The highest BCUT2D eigenvalue weighted by molar-refractivity contribution is 7.99. The van der Waals surface area contributed by atoms with Gasteiger partial charge in [0.15, 0.2) is 0 Å². The summed E-state index contributed by atoms with van der Waals surface area (Å²) in [6.45, 7) is 2.63. The minimum Gasteiger partial charge on any atom is -0.478 e. The van der Waals surface area contributed by atoms with Crippen LogP contribution in [-0.2, 0) is 6.54 Å². The largest absolute Gasteiger partial charge is 0.478 e. The summed E-state index contributed by atoms with van der Waals surface area (Å²) in [6, 6.07) is 1.52. The Labute approximate surface area is 98.6 Å². The molecule has 4 nitrogen and oxygen atoms in total. The van der Waals surface area contributed by atoms with E-state index in [1.807, 2.05) is 11.8 Å². The summed E-state index contributed by atoms with van der Waals surface area (Å²) in [4.78, 5) is 13.2. The van der Waals surface area contributed by atoms with E-state index in [4.69, 9.17) is 9.52 Å². The molecule has 16 heavy (non-hydrogen) atoms. The Morgan fingerprint density at radius 1 is 1.50 bits per heavy atom. The second kappa shape index (κ2) is 5.41. The predicted molar refractivity (Wildman–Crippen MR) is 62.9 cm³/mol. The van der Waals surface area contributed by atoms with E-state index in [1.54, 1.807) is 0 Å². The summed E-state index contributed by atoms with van der Waals surface area (Å²) in [5.41, 5.74) is 0.289. The van der Waals surface area contributed by atoms with Gasteiger partial charge in [-0.25, -0.2) is 4.79 Å². The van der Waals surface area contributed by atoms with E-state index in [0.29, 0.717) is 12.3 Å². The molecule has 0 aromatic carbocycles. The van der Waals surface area contributed by atoms with Gasteiger partial charge in [-0.15, -0.1) is 0 Å². The van der Waals surface area contributed by atoms with Crippen LogP contribution >= 0.6 is 11.8 Å². The van der Waals surface area contributed by atoms with Gasteiger partial charge in [0, 0.05) is 12.3 Å². The molecule has 88 valence electrons. The van der Waals surface area contributed by atoms with Gasteiger partial charge in [0.25, 0.3) is 0 Å². The van der Waals surface area contributed by atoms with Crippen LogP contribution < -0.4 is 0 Å². The zero-order chi connectivity index (χ0) is 11.4. The van der Waals surface area contributed by atoms with Crippen molar-refractivity contribution in [3.8, 4) is 0 Å². The number of nitrogens with zero attached hydrogens (tertiary/aromatic N) is 1. The summed E-state index contributed by atoms with van der Waals surface area (Å²) < 4.78 is 5.24. The number of thioether (sulfide) groups is 1. The van der Waals surface area contributed by atoms with Gasteiger partial charge in [-0.1, -0.05) is 0 Å². The van der Waals surface area contributed by atoms with Crippen molar-refractivity contribution in [3.05, 3.63) is 23.7 Å². The van der Waals surface area contributed by atoms with Crippen LogP contribution in [0.15, 0.2) is 16.7 Å². The van der Waals surface area contributed by atoms with Crippen molar-refractivity contribution in [3.63, 3.8) is 0 Å². The molecular weight excluding hydrogens is 226 g/mol. The highest BCUT2D eigenvalue weighted by Gasteiger charge is 2.17. The zero-order valence-electron chi connectivity index (χ0n) is 9.02. The third-order valence-corrected chi connectivity index (χ3v) is 3.71. The lowest BCUT2D eigenvalue weighted by atomic mass is 10.2. The quantitative estimate of drug-likeness (QED) is 0.876. The van der Waals surface area contributed by atoms with Gasteiger partial charge < -0.3 is 9.52 Å². The first-order valence-electron chi connectivity index (χ1n) is 5.37. The number of carbonyl (C=O) groups is 1. The summed E-state index contributed by atoms with van der Waals surface area (Å²) in [6.07, 6.45) is 2.61. The maximum Gasteiger partial charge on any atom is 0.339 e. The fraction of sp³-hybridized carbons (Fsp3) is 0.545. The van der Waals surface area contributed by atoms with Crippen LogP contribution in [0.25, 0.3) is 0 Å². The first kappa shape index (κ1) is 11.5. The number of carboxylic acid groups (broad SMARTS) is 1. The molecule has 0 bridgehead atoms. The van der Waals surface area contributed by atoms with E-state index in [2.05, 4.69) is 4.90 Å². The van der Waals surface area contributed by atoms with E-state index < -0.39 is 5.97 Å². The Morgan fingerprint density at radius 2 is 2.38 bits per heavy atom. The SMILES string of the molecule is O=C(O)c1ccoc1CN1CCCSCC1. The molecule has 0 saturated carbocycles. The van der Waals surface area contributed by atoms with Crippen molar-refractivity contribution < 1.29 is 14.3 Å². The van der Waals surface area contributed by atoms with Gasteiger partial charge in [-0.3, -0.25) is 4.90 Å². The second-order valence-corrected chi connectivity index (χ2v) is 5.03. The fourth-order valence-electron chi connectivity index (χ4n) is 1.81. The Bertz CT molecular complexity index is 356. The van der Waals surface area contributed by atoms with E-state index in [1.165, 1.54) is 18.1 Å². The van der Waals surface area contributed by atoms with Crippen LogP contribution in [0, 0.1) is 0 Å². The molecule has 1 aromatic heterocycles. The van der Waals surface area contributed by atoms with E-state index in [0.717, 1.165) is 25.3 Å². The molecule has 1 N–H and O–H groups in total. The molecule has 2 rings (SSSR count). The number of rotatable bonds is 3. The molecule has 1 aromatic rings. The maximum absolute atomic E-state index is 10.9. The minimum absolute atomic E-state index is 0.289. The third-order valence-electron chi connectivity index (χ3n) is 2.66. The minimum atomic E-state index is -0.909. The molecule has 0 spiro atoms. The standard InChI is InChI=1S/C11H15NO3S/c13-11(14)9-2-5-15-10(9)8-12-3-1-6-16-7-4-12/h2,5H,1,3-4,6-8H2,(H,13,14). The lowest BCUT2D eigenvalue weighted by molar-refractivity contribution is 0.0692. The van der Waals surface area contributed by atoms with Gasteiger partial charge in [0.05, 0.1) is 12.8 Å². The first-order valence-corrected chi connectivity index (χ1v) is 6.52. The van der Waals surface area contributed by atoms with Gasteiger partial charge in [-0.05, 0) is 24.8 Å². The average Bonchev–Trinajstić information content (AvgIpc) is 2.55. The number of aromatic carboxylic acids is 1. The molecule has 0 unspecified atom stereocenters. The van der Waals surface area contributed by atoms with Gasteiger partial charge in [-0.2, -0.15) is 11.8 Å². The van der Waals surface area contributed by atoms with Crippen molar-refractivity contribution in [2.75, 3.05) is 24.6 Å². The van der Waals surface area contributed by atoms with Crippen molar-refractivity contribution in [2.45, 2.75) is 13.0 Å². The monoisotopic (exact) mass is 241 g/mol. The lowest BCUT2D eigenvalue weighted by Crippen LogP contribution is -2.26. The van der Waals surface area contributed by atoms with E-state index >= 15 is 0 Å². The van der Waals surface area contributed by atoms with Crippen LogP contribution in [0.1, 0.15) is 22.5 Å². The normalized spacial score (nSPS) is 18.2. The van der Waals surface area contributed by atoms with Crippen molar-refractivity contribution >= 4 is 17.7 Å².